The molecule has 27 heavy (non-hydrogen) atoms. The number of carbonyl (C=O) groups is 1. The number of nitrogens with one attached hydrogen (secondary N) is 1. The Morgan fingerprint density at radius 2 is 1.89 bits per heavy atom. The first kappa shape index (κ1) is 17.2. The number of hydrogen-bond donors (Lipinski definition) is 1. The van der Waals surface area contributed by atoms with Gasteiger partial charge in [0.25, 0.3) is 5.91 Å². The number of hydrogen-bond acceptors (Lipinski definition) is 4. The second kappa shape index (κ2) is 7.21. The van der Waals surface area contributed by atoms with Crippen LogP contribution in [0.4, 0.5) is 0 Å². The lowest BCUT2D eigenvalue weighted by Gasteiger charge is -2.24. The molecule has 4 rings (SSSR count). The zero-order chi connectivity index (χ0) is 18.8. The fourth-order valence-corrected chi connectivity index (χ4v) is 3.31. The molecule has 1 N–H and O–H groups in total. The minimum Gasteiger partial charge on any atom is -0.496 e. The number of benzene rings is 2. The van der Waals surface area contributed by atoms with E-state index in [1.807, 2.05) is 36.4 Å². The average molecular weight is 381 g/mol. The average Bonchev–Trinajstić information content (AvgIpc) is 3.37. The molecular formula is C21H17ClN2O3. The second-order valence-electron chi connectivity index (χ2n) is 6.01. The Hall–Kier alpha value is -3.18. The number of furan rings is 1. The molecule has 0 saturated carbocycles. The maximum absolute atomic E-state index is 13.2. The number of para-hydroxylation sites is 1. The van der Waals surface area contributed by atoms with E-state index < -0.39 is 6.04 Å². The van der Waals surface area contributed by atoms with E-state index in [9.17, 15) is 4.79 Å². The van der Waals surface area contributed by atoms with Gasteiger partial charge >= 0.3 is 0 Å². The van der Waals surface area contributed by atoms with Crippen LogP contribution in [-0.4, -0.2) is 18.0 Å². The minimum absolute atomic E-state index is 0.247. The number of carbonyl (C=O) groups excluding carboxylic acids is 1. The summed E-state index contributed by atoms with van der Waals surface area (Å²) in [5.74, 6) is 1.11. The summed E-state index contributed by atoms with van der Waals surface area (Å²) in [6, 6.07) is 17.8. The second-order valence-corrected chi connectivity index (χ2v) is 6.41. The highest BCUT2D eigenvalue weighted by molar-refractivity contribution is 6.33. The van der Waals surface area contributed by atoms with Crippen LogP contribution in [-0.2, 0) is 0 Å². The fraction of sp³-hybridized carbons (Fsp3) is 0.0952. The van der Waals surface area contributed by atoms with Crippen LogP contribution >= 0.6 is 11.6 Å². The summed E-state index contributed by atoms with van der Waals surface area (Å²) in [6.07, 6.45) is 3.52. The molecule has 0 aliphatic carbocycles. The van der Waals surface area contributed by atoms with Gasteiger partial charge in [0.15, 0.2) is 0 Å². The smallest absolute Gasteiger partial charge is 0.274 e. The molecule has 1 aromatic heterocycles. The number of methoxy groups -OCH3 is 1. The van der Waals surface area contributed by atoms with Crippen LogP contribution in [0.25, 0.3) is 5.70 Å². The predicted octanol–water partition coefficient (Wildman–Crippen LogP) is 4.68. The number of hydrazine groups is 1. The molecule has 2 aromatic carbocycles. The van der Waals surface area contributed by atoms with Gasteiger partial charge in [0.1, 0.15) is 17.6 Å². The lowest BCUT2D eigenvalue weighted by molar-refractivity contribution is 0.0655. The van der Waals surface area contributed by atoms with Crippen LogP contribution in [0.15, 0.2) is 77.4 Å². The standard InChI is InChI=1S/C21H17ClN2O3/c1-26-19-10-5-3-8-15(19)17-13-18(20-11-6-12-27-20)24(23-17)21(25)14-7-2-4-9-16(14)22/h2-13,18,23H,1H3/t18-/m1/s1. The Morgan fingerprint density at radius 1 is 1.11 bits per heavy atom. The first-order valence-electron chi connectivity index (χ1n) is 8.42. The summed E-state index contributed by atoms with van der Waals surface area (Å²) < 4.78 is 11.0. The molecule has 0 unspecified atom stereocenters. The van der Waals surface area contributed by atoms with Crippen LogP contribution in [0.5, 0.6) is 5.75 Å². The van der Waals surface area contributed by atoms with Crippen LogP contribution < -0.4 is 10.2 Å². The quantitative estimate of drug-likeness (QED) is 0.713. The van der Waals surface area contributed by atoms with Gasteiger partial charge in [-0.3, -0.25) is 10.2 Å². The molecule has 0 spiro atoms. The highest BCUT2D eigenvalue weighted by atomic mass is 35.5. The molecule has 5 nitrogen and oxygen atoms in total. The van der Waals surface area contributed by atoms with Crippen molar-refractivity contribution in [3.63, 3.8) is 0 Å². The third kappa shape index (κ3) is 3.17. The summed E-state index contributed by atoms with van der Waals surface area (Å²) in [7, 11) is 1.62. The van der Waals surface area contributed by atoms with Crippen molar-refractivity contribution < 1.29 is 13.9 Å². The SMILES string of the molecule is COc1ccccc1C1=C[C@H](c2ccco2)N(C(=O)c2ccccc2Cl)N1. The Kier molecular flexibility index (Phi) is 4.60. The summed E-state index contributed by atoms with van der Waals surface area (Å²) >= 11 is 6.24. The molecule has 2 heterocycles. The first-order valence-corrected chi connectivity index (χ1v) is 8.80. The van der Waals surface area contributed by atoms with Gasteiger partial charge in [0.2, 0.25) is 0 Å². The predicted molar refractivity (Wildman–Crippen MR) is 103 cm³/mol. The van der Waals surface area contributed by atoms with Crippen molar-refractivity contribution in [2.24, 2.45) is 0 Å². The molecule has 6 heteroatoms. The van der Waals surface area contributed by atoms with Gasteiger partial charge in [-0.15, -0.1) is 0 Å². The Balaban J connectivity index is 1.74. The normalized spacial score (nSPS) is 16.0. The third-order valence-corrected chi connectivity index (χ3v) is 4.73. The van der Waals surface area contributed by atoms with E-state index in [1.165, 1.54) is 5.01 Å². The highest BCUT2D eigenvalue weighted by Gasteiger charge is 2.34. The van der Waals surface area contributed by atoms with Crippen molar-refractivity contribution in [1.29, 1.82) is 0 Å². The van der Waals surface area contributed by atoms with Gasteiger partial charge < -0.3 is 9.15 Å². The Morgan fingerprint density at radius 3 is 2.63 bits per heavy atom. The Bertz CT molecular complexity index is 998. The molecule has 1 aliphatic heterocycles. The maximum atomic E-state index is 13.2. The van der Waals surface area contributed by atoms with Gasteiger partial charge in [-0.1, -0.05) is 35.9 Å². The first-order chi connectivity index (χ1) is 13.2. The zero-order valence-electron chi connectivity index (χ0n) is 14.6. The van der Waals surface area contributed by atoms with Crippen LogP contribution in [0.1, 0.15) is 27.7 Å². The third-order valence-electron chi connectivity index (χ3n) is 4.40. The number of rotatable bonds is 4. The van der Waals surface area contributed by atoms with Crippen molar-refractivity contribution in [3.05, 3.63) is 94.9 Å². The van der Waals surface area contributed by atoms with E-state index in [2.05, 4.69) is 5.43 Å². The summed E-state index contributed by atoms with van der Waals surface area (Å²) in [4.78, 5) is 13.2. The summed E-state index contributed by atoms with van der Waals surface area (Å²) in [6.45, 7) is 0. The van der Waals surface area contributed by atoms with Crippen LogP contribution in [0.2, 0.25) is 5.02 Å². The minimum atomic E-state index is -0.413. The lowest BCUT2D eigenvalue weighted by atomic mass is 10.1. The largest absolute Gasteiger partial charge is 0.496 e. The van der Waals surface area contributed by atoms with Crippen LogP contribution in [0, 0.1) is 0 Å². The summed E-state index contributed by atoms with van der Waals surface area (Å²) in [5.41, 5.74) is 5.22. The highest BCUT2D eigenvalue weighted by Crippen LogP contribution is 2.36. The fourth-order valence-electron chi connectivity index (χ4n) is 3.10. The van der Waals surface area contributed by atoms with E-state index in [-0.39, 0.29) is 5.91 Å². The molecule has 3 aromatic rings. The maximum Gasteiger partial charge on any atom is 0.274 e. The molecule has 136 valence electrons. The molecule has 0 bridgehead atoms. The van der Waals surface area contributed by atoms with E-state index in [4.69, 9.17) is 20.8 Å². The topological polar surface area (TPSA) is 54.7 Å². The van der Waals surface area contributed by atoms with Crippen molar-refractivity contribution >= 4 is 23.2 Å². The van der Waals surface area contributed by atoms with Gasteiger partial charge in [-0.25, -0.2) is 5.01 Å². The number of halogens is 1. The van der Waals surface area contributed by atoms with Gasteiger partial charge in [-0.2, -0.15) is 0 Å². The van der Waals surface area contributed by atoms with Gasteiger partial charge in [0, 0.05) is 5.56 Å². The van der Waals surface area contributed by atoms with E-state index in [0.29, 0.717) is 22.1 Å². The van der Waals surface area contributed by atoms with Gasteiger partial charge in [0.05, 0.1) is 29.7 Å². The van der Waals surface area contributed by atoms with Crippen molar-refractivity contribution in [2.45, 2.75) is 6.04 Å². The lowest BCUT2D eigenvalue weighted by Crippen LogP contribution is -2.39. The zero-order valence-corrected chi connectivity index (χ0v) is 15.3. The van der Waals surface area contributed by atoms with Crippen molar-refractivity contribution in [3.8, 4) is 5.75 Å². The number of amides is 1. The van der Waals surface area contributed by atoms with Crippen LogP contribution in [0.3, 0.4) is 0 Å². The molecule has 1 aliphatic rings. The molecular weight excluding hydrogens is 364 g/mol. The van der Waals surface area contributed by atoms with Crippen molar-refractivity contribution in [1.82, 2.24) is 10.4 Å². The summed E-state index contributed by atoms with van der Waals surface area (Å²) in [5, 5.41) is 1.91. The van der Waals surface area contributed by atoms with E-state index >= 15 is 0 Å². The number of nitrogens with zero attached hydrogens (tertiary/aromatic N) is 1. The molecule has 1 amide bonds. The Labute approximate surface area is 161 Å². The van der Waals surface area contributed by atoms with E-state index in [1.54, 1.807) is 43.7 Å². The van der Waals surface area contributed by atoms with Crippen molar-refractivity contribution in [2.75, 3.05) is 7.11 Å². The van der Waals surface area contributed by atoms with Gasteiger partial charge in [-0.05, 0) is 42.5 Å². The van der Waals surface area contributed by atoms with E-state index in [0.717, 1.165) is 11.3 Å². The number of ether oxygens (including phenoxy) is 1. The molecule has 1 atom stereocenters. The molecule has 0 radical (unpaired) electrons. The molecule has 0 fully saturated rings. The monoisotopic (exact) mass is 380 g/mol. The molecule has 0 saturated heterocycles.